The molecule has 1 spiro atoms. The van der Waals surface area contributed by atoms with Crippen LogP contribution in [0.5, 0.6) is 0 Å². The lowest BCUT2D eigenvalue weighted by Gasteiger charge is -2.25. The second-order valence-corrected chi connectivity index (χ2v) is 6.66. The molecule has 3 rings (SSSR count). The fourth-order valence-corrected chi connectivity index (χ4v) is 3.76. The largest absolute Gasteiger partial charge is 0.395 e. The van der Waals surface area contributed by atoms with Crippen molar-refractivity contribution in [2.75, 3.05) is 37.7 Å². The second-order valence-electron chi connectivity index (χ2n) is 6.66. The molecule has 0 bridgehead atoms. The van der Waals surface area contributed by atoms with Gasteiger partial charge in [0.1, 0.15) is 0 Å². The maximum absolute atomic E-state index is 13.1. The number of rotatable bonds is 4. The Morgan fingerprint density at radius 2 is 2.10 bits per heavy atom. The second kappa shape index (κ2) is 5.43. The maximum Gasteiger partial charge on any atom is 0.239 e. The summed E-state index contributed by atoms with van der Waals surface area (Å²) < 4.78 is 0. The maximum atomic E-state index is 13.1. The van der Waals surface area contributed by atoms with Crippen LogP contribution in [0, 0.1) is 5.92 Å². The number of aliphatic hydroxyl groups is 1. The molecule has 0 saturated carbocycles. The van der Waals surface area contributed by atoms with Crippen molar-refractivity contribution in [3.05, 3.63) is 29.8 Å². The summed E-state index contributed by atoms with van der Waals surface area (Å²) in [5.41, 5.74) is 1.87. The van der Waals surface area contributed by atoms with E-state index in [0.717, 1.165) is 31.7 Å². The molecule has 1 saturated heterocycles. The Morgan fingerprint density at radius 1 is 1.33 bits per heavy atom. The zero-order valence-corrected chi connectivity index (χ0v) is 12.9. The van der Waals surface area contributed by atoms with Crippen LogP contribution >= 0.6 is 0 Å². The molecular formula is C17H24N2O2. The molecule has 2 heterocycles. The number of hydrogen-bond donors (Lipinski definition) is 1. The molecule has 1 atom stereocenters. The number of para-hydroxylation sites is 1. The summed E-state index contributed by atoms with van der Waals surface area (Å²) in [5.74, 6) is 0.699. The van der Waals surface area contributed by atoms with Gasteiger partial charge in [-0.05, 0) is 30.5 Å². The van der Waals surface area contributed by atoms with Crippen molar-refractivity contribution < 1.29 is 9.90 Å². The average Bonchev–Trinajstić information content (AvgIpc) is 2.97. The molecule has 0 aromatic heterocycles. The summed E-state index contributed by atoms with van der Waals surface area (Å²) in [6, 6.07) is 8.22. The van der Waals surface area contributed by atoms with Crippen molar-refractivity contribution in [2.45, 2.75) is 25.7 Å². The van der Waals surface area contributed by atoms with Crippen LogP contribution < -0.4 is 4.90 Å². The van der Waals surface area contributed by atoms with E-state index in [4.69, 9.17) is 5.11 Å². The Balaban J connectivity index is 1.97. The van der Waals surface area contributed by atoms with Crippen LogP contribution in [0.15, 0.2) is 24.3 Å². The number of likely N-dealkylation sites (tertiary alicyclic amines) is 1. The summed E-state index contributed by atoms with van der Waals surface area (Å²) in [4.78, 5) is 17.3. The lowest BCUT2D eigenvalue weighted by Crippen LogP contribution is -2.43. The number of amides is 1. The highest BCUT2D eigenvalue weighted by atomic mass is 16.3. The lowest BCUT2D eigenvalue weighted by molar-refractivity contribution is -0.122. The first kappa shape index (κ1) is 14.5. The van der Waals surface area contributed by atoms with E-state index in [1.165, 1.54) is 5.56 Å². The molecule has 1 fully saturated rings. The van der Waals surface area contributed by atoms with Gasteiger partial charge in [-0.1, -0.05) is 32.0 Å². The van der Waals surface area contributed by atoms with E-state index in [1.807, 2.05) is 17.0 Å². The standard InChI is InChI=1S/C17H24N2O2/c1-13(2)11-19-15-6-4-3-5-14(15)17(16(19)21)7-8-18(12-17)9-10-20/h3-6,13,20H,7-12H2,1-2H3. The van der Waals surface area contributed by atoms with Crippen molar-refractivity contribution in [2.24, 2.45) is 5.92 Å². The van der Waals surface area contributed by atoms with E-state index in [0.29, 0.717) is 12.5 Å². The molecule has 1 unspecified atom stereocenters. The van der Waals surface area contributed by atoms with Gasteiger partial charge in [-0.2, -0.15) is 0 Å². The number of nitrogens with zero attached hydrogens (tertiary/aromatic N) is 2. The Morgan fingerprint density at radius 3 is 2.81 bits per heavy atom. The Bertz CT molecular complexity index is 543. The summed E-state index contributed by atoms with van der Waals surface area (Å²) in [7, 11) is 0. The van der Waals surface area contributed by atoms with Gasteiger partial charge in [0.15, 0.2) is 0 Å². The SMILES string of the molecule is CC(C)CN1C(=O)C2(CCN(CCO)C2)c2ccccc21. The fourth-order valence-electron chi connectivity index (χ4n) is 3.76. The van der Waals surface area contributed by atoms with Crippen LogP contribution in [0.3, 0.4) is 0 Å². The molecule has 1 aromatic rings. The van der Waals surface area contributed by atoms with Crippen LogP contribution in [0.4, 0.5) is 5.69 Å². The van der Waals surface area contributed by atoms with Gasteiger partial charge < -0.3 is 10.0 Å². The number of carbonyl (C=O) groups excluding carboxylic acids is 1. The van der Waals surface area contributed by atoms with Crippen LogP contribution in [0.2, 0.25) is 0 Å². The third-order valence-corrected chi connectivity index (χ3v) is 4.68. The number of anilines is 1. The van der Waals surface area contributed by atoms with E-state index in [2.05, 4.69) is 30.9 Å². The summed E-state index contributed by atoms with van der Waals surface area (Å²) >= 11 is 0. The predicted molar refractivity (Wildman–Crippen MR) is 83.5 cm³/mol. The van der Waals surface area contributed by atoms with Gasteiger partial charge in [0.05, 0.1) is 12.0 Å². The Hall–Kier alpha value is -1.39. The molecule has 114 valence electrons. The van der Waals surface area contributed by atoms with Gasteiger partial charge in [0, 0.05) is 25.3 Å². The molecule has 0 radical (unpaired) electrons. The Labute approximate surface area is 126 Å². The molecule has 21 heavy (non-hydrogen) atoms. The van der Waals surface area contributed by atoms with E-state index in [-0.39, 0.29) is 17.9 Å². The molecular weight excluding hydrogens is 264 g/mol. The van der Waals surface area contributed by atoms with Crippen molar-refractivity contribution in [3.63, 3.8) is 0 Å². The first-order valence-corrected chi connectivity index (χ1v) is 7.83. The number of benzene rings is 1. The average molecular weight is 288 g/mol. The van der Waals surface area contributed by atoms with Crippen molar-refractivity contribution in [1.29, 1.82) is 0 Å². The highest BCUT2D eigenvalue weighted by molar-refractivity contribution is 6.08. The molecule has 2 aliphatic heterocycles. The van der Waals surface area contributed by atoms with Crippen LogP contribution in [-0.2, 0) is 10.2 Å². The normalized spacial score (nSPS) is 25.3. The first-order chi connectivity index (χ1) is 10.1. The topological polar surface area (TPSA) is 43.8 Å². The zero-order valence-electron chi connectivity index (χ0n) is 12.9. The van der Waals surface area contributed by atoms with Gasteiger partial charge >= 0.3 is 0 Å². The monoisotopic (exact) mass is 288 g/mol. The van der Waals surface area contributed by atoms with Crippen molar-refractivity contribution in [3.8, 4) is 0 Å². The molecule has 0 aliphatic carbocycles. The molecule has 1 aromatic carbocycles. The van der Waals surface area contributed by atoms with E-state index in [1.54, 1.807) is 0 Å². The third-order valence-electron chi connectivity index (χ3n) is 4.68. The van der Waals surface area contributed by atoms with Crippen molar-refractivity contribution >= 4 is 11.6 Å². The minimum absolute atomic E-state index is 0.154. The van der Waals surface area contributed by atoms with E-state index < -0.39 is 0 Å². The smallest absolute Gasteiger partial charge is 0.239 e. The molecule has 1 N–H and O–H groups in total. The number of carbonyl (C=O) groups is 1. The highest BCUT2D eigenvalue weighted by Crippen LogP contribution is 2.47. The lowest BCUT2D eigenvalue weighted by atomic mass is 9.81. The Kier molecular flexibility index (Phi) is 3.76. The quantitative estimate of drug-likeness (QED) is 0.916. The van der Waals surface area contributed by atoms with Gasteiger partial charge in [-0.25, -0.2) is 0 Å². The molecule has 2 aliphatic rings. The number of aliphatic hydroxyl groups excluding tert-OH is 1. The highest BCUT2D eigenvalue weighted by Gasteiger charge is 2.53. The molecule has 4 nitrogen and oxygen atoms in total. The van der Waals surface area contributed by atoms with E-state index in [9.17, 15) is 4.79 Å². The zero-order chi connectivity index (χ0) is 15.0. The summed E-state index contributed by atoms with van der Waals surface area (Å²) in [6.07, 6.45) is 0.859. The van der Waals surface area contributed by atoms with Crippen LogP contribution in [0.25, 0.3) is 0 Å². The summed E-state index contributed by atoms with van der Waals surface area (Å²) in [5, 5.41) is 9.15. The molecule has 4 heteroatoms. The van der Waals surface area contributed by atoms with Gasteiger partial charge in [-0.15, -0.1) is 0 Å². The van der Waals surface area contributed by atoms with Crippen LogP contribution in [-0.4, -0.2) is 48.7 Å². The minimum Gasteiger partial charge on any atom is -0.395 e. The summed E-state index contributed by atoms with van der Waals surface area (Å²) in [6.45, 7) is 7.50. The first-order valence-electron chi connectivity index (χ1n) is 7.83. The number of fused-ring (bicyclic) bond motifs is 2. The fraction of sp³-hybridized carbons (Fsp3) is 0.588. The van der Waals surface area contributed by atoms with Crippen LogP contribution in [0.1, 0.15) is 25.8 Å². The molecule has 1 amide bonds. The minimum atomic E-state index is -0.388. The van der Waals surface area contributed by atoms with E-state index >= 15 is 0 Å². The van der Waals surface area contributed by atoms with Gasteiger partial charge in [0.25, 0.3) is 0 Å². The number of hydrogen-bond acceptors (Lipinski definition) is 3. The van der Waals surface area contributed by atoms with Crippen molar-refractivity contribution in [1.82, 2.24) is 4.90 Å². The van der Waals surface area contributed by atoms with Gasteiger partial charge in [-0.3, -0.25) is 9.69 Å². The van der Waals surface area contributed by atoms with Gasteiger partial charge in [0.2, 0.25) is 5.91 Å². The predicted octanol–water partition coefficient (Wildman–Crippen LogP) is 1.62. The number of β-amino-alcohol motifs (C(OH)–C–C–N with tert-alkyl or cyclic N) is 1. The third kappa shape index (κ3) is 2.27.